The van der Waals surface area contributed by atoms with Gasteiger partial charge in [-0.3, -0.25) is 24.5 Å². The normalized spacial score (nSPS) is 19.8. The first-order valence-electron chi connectivity index (χ1n) is 9.07. The van der Waals surface area contributed by atoms with Gasteiger partial charge in [0.25, 0.3) is 5.56 Å². The lowest BCUT2D eigenvalue weighted by Crippen LogP contribution is -2.30. The highest BCUT2D eigenvalue weighted by molar-refractivity contribution is 5.87. The van der Waals surface area contributed by atoms with Gasteiger partial charge in [-0.05, 0) is 12.8 Å². The minimum Gasteiger partial charge on any atom is -0.354 e. The first-order chi connectivity index (χ1) is 14.2. The molecule has 2 unspecified atom stereocenters. The number of carbonyl (C=O) groups is 1. The number of amides is 1. The van der Waals surface area contributed by atoms with Crippen LogP contribution in [0.5, 0.6) is 0 Å². The van der Waals surface area contributed by atoms with Crippen molar-refractivity contribution in [3.05, 3.63) is 20.8 Å². The number of anilines is 1. The number of hydrogen-bond acceptors (Lipinski definition) is 5. The van der Waals surface area contributed by atoms with E-state index in [1.165, 1.54) is 0 Å². The molecule has 2 N–H and O–H groups in total. The number of fused-ring (bicyclic) bond motifs is 1. The number of hydrogen-bond donors (Lipinski definition) is 2. The second-order valence-corrected chi connectivity index (χ2v) is 7.05. The highest BCUT2D eigenvalue weighted by Gasteiger charge is 2.39. The second-order valence-electron chi connectivity index (χ2n) is 7.05. The zero-order valence-electron chi connectivity index (χ0n) is 15.9. The minimum atomic E-state index is -4.63. The van der Waals surface area contributed by atoms with Crippen molar-refractivity contribution >= 4 is 23.0 Å². The topological polar surface area (TPSA) is 111 Å². The lowest BCUT2D eigenvalue weighted by Gasteiger charge is -2.16. The summed E-state index contributed by atoms with van der Waals surface area (Å²) in [5, 5.41) is 2.18. The summed E-state index contributed by atoms with van der Waals surface area (Å²) >= 11 is 0. The number of aryl methyl sites for hydroxylation is 1. The molecule has 9 nitrogen and oxygen atoms in total. The van der Waals surface area contributed by atoms with E-state index in [9.17, 15) is 40.7 Å². The van der Waals surface area contributed by atoms with Crippen molar-refractivity contribution < 1.29 is 35.9 Å². The third-order valence-corrected chi connectivity index (χ3v) is 4.56. The van der Waals surface area contributed by atoms with Crippen LogP contribution in [0.1, 0.15) is 38.8 Å². The van der Waals surface area contributed by atoms with Crippen LogP contribution in [0.3, 0.4) is 0 Å². The Bertz CT molecular complexity index is 1100. The summed E-state index contributed by atoms with van der Waals surface area (Å²) in [6, 6.07) is 0. The van der Waals surface area contributed by atoms with Crippen LogP contribution in [0.4, 0.5) is 32.3 Å². The first-order valence-corrected chi connectivity index (χ1v) is 9.07. The van der Waals surface area contributed by atoms with Gasteiger partial charge in [0.05, 0.1) is 18.9 Å². The molecular weight excluding hydrogens is 440 g/mol. The van der Waals surface area contributed by atoms with E-state index in [1.807, 2.05) is 0 Å². The number of halogens is 6. The lowest BCUT2D eigenvalue weighted by atomic mass is 10.2. The number of imidazole rings is 1. The zero-order valence-corrected chi connectivity index (χ0v) is 15.9. The summed E-state index contributed by atoms with van der Waals surface area (Å²) in [5.74, 6) is -1.01. The van der Waals surface area contributed by atoms with Crippen LogP contribution in [-0.2, 0) is 16.1 Å². The molecular formula is C16H17F6N5O4. The predicted molar refractivity (Wildman–Crippen MR) is 93.4 cm³/mol. The fourth-order valence-corrected chi connectivity index (χ4v) is 3.40. The summed E-state index contributed by atoms with van der Waals surface area (Å²) in [7, 11) is 0. The molecule has 1 fully saturated rings. The fraction of sp³-hybridized carbons (Fsp3) is 0.625. The van der Waals surface area contributed by atoms with Gasteiger partial charge >= 0.3 is 18.0 Å². The van der Waals surface area contributed by atoms with E-state index in [0.29, 0.717) is 4.57 Å². The van der Waals surface area contributed by atoms with Crippen LogP contribution < -0.4 is 16.6 Å². The molecule has 0 spiro atoms. The summed E-state index contributed by atoms with van der Waals surface area (Å²) in [6.07, 6.45) is -14.5. The number of aromatic nitrogens is 4. The van der Waals surface area contributed by atoms with Crippen molar-refractivity contribution in [2.75, 3.05) is 5.32 Å². The maximum atomic E-state index is 12.8. The summed E-state index contributed by atoms with van der Waals surface area (Å²) in [4.78, 5) is 42.6. The van der Waals surface area contributed by atoms with Crippen molar-refractivity contribution in [3.63, 3.8) is 0 Å². The van der Waals surface area contributed by atoms with E-state index in [2.05, 4.69) is 15.3 Å². The first kappa shape index (κ1) is 22.8. The van der Waals surface area contributed by atoms with E-state index in [4.69, 9.17) is 4.74 Å². The van der Waals surface area contributed by atoms with E-state index in [1.54, 1.807) is 0 Å². The molecule has 0 bridgehead atoms. The number of aromatic amines is 1. The summed E-state index contributed by atoms with van der Waals surface area (Å²) in [5.41, 5.74) is -3.00. The molecule has 0 saturated carbocycles. The third-order valence-electron chi connectivity index (χ3n) is 4.56. The highest BCUT2D eigenvalue weighted by atomic mass is 19.4. The summed E-state index contributed by atoms with van der Waals surface area (Å²) < 4.78 is 82.7. The van der Waals surface area contributed by atoms with Crippen molar-refractivity contribution in [3.8, 4) is 0 Å². The molecule has 1 aliphatic rings. The van der Waals surface area contributed by atoms with Gasteiger partial charge in [0.1, 0.15) is 6.23 Å². The van der Waals surface area contributed by atoms with Gasteiger partial charge in [-0.15, -0.1) is 0 Å². The van der Waals surface area contributed by atoms with Gasteiger partial charge in [-0.2, -0.15) is 31.3 Å². The molecule has 1 saturated heterocycles. The largest absolute Gasteiger partial charge is 0.391 e. The molecule has 3 heterocycles. The Kier molecular flexibility index (Phi) is 5.90. The van der Waals surface area contributed by atoms with Crippen molar-refractivity contribution in [1.29, 1.82) is 0 Å². The molecule has 0 radical (unpaired) electrons. The lowest BCUT2D eigenvalue weighted by molar-refractivity contribution is -0.162. The number of nitrogens with one attached hydrogen (secondary N) is 2. The van der Waals surface area contributed by atoms with Gasteiger partial charge < -0.3 is 4.74 Å². The number of nitrogens with zero attached hydrogens (tertiary/aromatic N) is 3. The van der Waals surface area contributed by atoms with Crippen molar-refractivity contribution in [1.82, 2.24) is 19.1 Å². The molecule has 172 valence electrons. The number of H-pyrrole nitrogens is 1. The Morgan fingerprint density at radius 1 is 1.19 bits per heavy atom. The van der Waals surface area contributed by atoms with Crippen LogP contribution in [0.2, 0.25) is 0 Å². The molecule has 2 atom stereocenters. The molecule has 0 aliphatic carbocycles. The van der Waals surface area contributed by atoms with Gasteiger partial charge in [0, 0.05) is 13.5 Å². The smallest absolute Gasteiger partial charge is 0.354 e. The van der Waals surface area contributed by atoms with Gasteiger partial charge in [-0.1, -0.05) is 0 Å². The standard InChI is InChI=1S/C16H17F6N5O4/c1-7(28)23-13-24-11-10(12(29)25-13)26(5-4-15(17,18)19)14(30)27(11)9-3-2-8(31-9)6-16(20,21)22/h8-9H,2-6H2,1H3,(H2,23,24,25,28,29). The maximum absolute atomic E-state index is 12.8. The summed E-state index contributed by atoms with van der Waals surface area (Å²) in [6.45, 7) is 0.197. The molecule has 1 amide bonds. The number of alkyl halides is 6. The van der Waals surface area contributed by atoms with Crippen molar-refractivity contribution in [2.45, 2.75) is 63.8 Å². The Morgan fingerprint density at radius 3 is 2.45 bits per heavy atom. The molecule has 15 heteroatoms. The van der Waals surface area contributed by atoms with Crippen LogP contribution >= 0.6 is 0 Å². The van der Waals surface area contributed by atoms with E-state index < -0.39 is 72.4 Å². The zero-order chi connectivity index (χ0) is 23.1. The fourth-order valence-electron chi connectivity index (χ4n) is 3.40. The van der Waals surface area contributed by atoms with E-state index >= 15 is 0 Å². The van der Waals surface area contributed by atoms with Crippen LogP contribution in [0, 0.1) is 0 Å². The van der Waals surface area contributed by atoms with Crippen LogP contribution in [0.25, 0.3) is 11.2 Å². The number of rotatable bonds is 5. The van der Waals surface area contributed by atoms with Crippen LogP contribution in [-0.4, -0.2) is 43.5 Å². The number of carbonyl (C=O) groups excluding carboxylic acids is 1. The Labute approximate surface area is 169 Å². The maximum Gasteiger partial charge on any atom is 0.391 e. The van der Waals surface area contributed by atoms with E-state index in [0.717, 1.165) is 11.5 Å². The minimum absolute atomic E-state index is 0.0526. The Hall–Kier alpha value is -2.84. The van der Waals surface area contributed by atoms with Crippen molar-refractivity contribution in [2.24, 2.45) is 0 Å². The molecule has 2 aromatic rings. The molecule has 31 heavy (non-hydrogen) atoms. The monoisotopic (exact) mass is 457 g/mol. The highest BCUT2D eigenvalue weighted by Crippen LogP contribution is 2.35. The predicted octanol–water partition coefficient (Wildman–Crippen LogP) is 2.43. The molecule has 1 aliphatic heterocycles. The average molecular weight is 457 g/mol. The van der Waals surface area contributed by atoms with Gasteiger partial charge in [-0.25, -0.2) is 9.36 Å². The Morgan fingerprint density at radius 2 is 1.87 bits per heavy atom. The average Bonchev–Trinajstić information content (AvgIpc) is 3.12. The number of ether oxygens (including phenoxy) is 1. The van der Waals surface area contributed by atoms with Gasteiger partial charge in [0.15, 0.2) is 11.2 Å². The third kappa shape index (κ3) is 5.26. The molecule has 0 aromatic carbocycles. The van der Waals surface area contributed by atoms with E-state index in [-0.39, 0.29) is 18.8 Å². The van der Waals surface area contributed by atoms with Gasteiger partial charge in [0.2, 0.25) is 11.9 Å². The molecule has 2 aromatic heterocycles. The van der Waals surface area contributed by atoms with Crippen LogP contribution in [0.15, 0.2) is 9.59 Å². The molecule has 3 rings (SSSR count). The second kappa shape index (κ2) is 8.01. The quantitative estimate of drug-likeness (QED) is 0.670. The SMILES string of the molecule is CC(=O)Nc1nc2c(c(=O)[nH]1)n(CCC(F)(F)F)c(=O)n2C1CCC(CC(F)(F)F)O1. The Balaban J connectivity index is 2.09.